The molecule has 1 N–H and O–H groups in total. The highest BCUT2D eigenvalue weighted by molar-refractivity contribution is 5.94. The van der Waals surface area contributed by atoms with Gasteiger partial charge in [-0.25, -0.2) is 9.48 Å². The maximum Gasteiger partial charge on any atom is 0.416 e. The van der Waals surface area contributed by atoms with E-state index in [-0.39, 0.29) is 11.6 Å². The third-order valence-corrected chi connectivity index (χ3v) is 4.58. The summed E-state index contributed by atoms with van der Waals surface area (Å²) in [6.45, 7) is -0.512. The topological polar surface area (TPSA) is 73.2 Å². The van der Waals surface area contributed by atoms with Crippen LogP contribution in [-0.2, 0) is 20.5 Å². The molecule has 0 unspecified atom stereocenters. The van der Waals surface area contributed by atoms with Crippen molar-refractivity contribution in [2.75, 3.05) is 11.9 Å². The van der Waals surface area contributed by atoms with Gasteiger partial charge in [0.25, 0.3) is 5.91 Å². The Morgan fingerprint density at radius 1 is 1.24 bits per heavy atom. The summed E-state index contributed by atoms with van der Waals surface area (Å²) in [6, 6.07) is 6.45. The number of anilines is 1. The minimum atomic E-state index is -4.46. The van der Waals surface area contributed by atoms with Crippen LogP contribution in [-0.4, -0.2) is 28.3 Å². The number of ether oxygens (including phenoxy) is 1. The molecule has 1 aliphatic carbocycles. The first kappa shape index (κ1) is 20.6. The van der Waals surface area contributed by atoms with Crippen molar-refractivity contribution in [1.29, 1.82) is 0 Å². The van der Waals surface area contributed by atoms with Crippen molar-refractivity contribution >= 4 is 23.8 Å². The molecule has 1 amide bonds. The van der Waals surface area contributed by atoms with E-state index in [1.165, 1.54) is 18.2 Å². The molecule has 1 aromatic heterocycles. The van der Waals surface area contributed by atoms with Crippen molar-refractivity contribution < 1.29 is 27.5 Å². The van der Waals surface area contributed by atoms with Gasteiger partial charge >= 0.3 is 12.1 Å². The standard InChI is InChI=1S/C20H20F3N3O3/c21-20(22,23)15-5-3-4-14(12-15)8-9-19(28)29-13-18(27)25-17-10-11-24-26(17)16-6-1-2-7-16/h3-5,8-12,16H,1-2,6-7,13H2,(H,25,27)/b9-8+. The lowest BCUT2D eigenvalue weighted by atomic mass is 10.1. The normalized spacial score (nSPS) is 15.0. The molecule has 0 radical (unpaired) electrons. The van der Waals surface area contributed by atoms with Gasteiger partial charge in [0.05, 0.1) is 17.8 Å². The van der Waals surface area contributed by atoms with E-state index >= 15 is 0 Å². The molecule has 1 aliphatic rings. The molecule has 0 spiro atoms. The van der Waals surface area contributed by atoms with Gasteiger partial charge in [-0.3, -0.25) is 4.79 Å². The molecular formula is C20H20F3N3O3. The SMILES string of the molecule is O=C(COC(=O)/C=C/c1cccc(C(F)(F)F)c1)Nc1ccnn1C1CCCC1. The number of aromatic nitrogens is 2. The second-order valence-electron chi connectivity index (χ2n) is 6.71. The number of halogens is 3. The Morgan fingerprint density at radius 2 is 2.00 bits per heavy atom. The number of esters is 1. The first-order valence-electron chi connectivity index (χ1n) is 9.18. The van der Waals surface area contributed by atoms with Gasteiger partial charge < -0.3 is 10.1 Å². The summed E-state index contributed by atoms with van der Waals surface area (Å²) < 4.78 is 44.7. The molecule has 9 heteroatoms. The van der Waals surface area contributed by atoms with Gasteiger partial charge in [0.15, 0.2) is 6.61 Å². The van der Waals surface area contributed by atoms with E-state index < -0.39 is 30.2 Å². The summed E-state index contributed by atoms with van der Waals surface area (Å²) >= 11 is 0. The molecule has 29 heavy (non-hydrogen) atoms. The number of carbonyl (C=O) groups is 2. The molecule has 0 bridgehead atoms. The number of hydrogen-bond donors (Lipinski definition) is 1. The minimum Gasteiger partial charge on any atom is -0.452 e. The Balaban J connectivity index is 1.50. The van der Waals surface area contributed by atoms with Crippen LogP contribution >= 0.6 is 0 Å². The van der Waals surface area contributed by atoms with E-state index in [1.807, 2.05) is 0 Å². The van der Waals surface area contributed by atoms with Gasteiger partial charge in [-0.2, -0.15) is 18.3 Å². The van der Waals surface area contributed by atoms with E-state index in [0.29, 0.717) is 5.82 Å². The number of nitrogens with one attached hydrogen (secondary N) is 1. The van der Waals surface area contributed by atoms with Crippen molar-refractivity contribution in [2.45, 2.75) is 37.9 Å². The van der Waals surface area contributed by atoms with Crippen LogP contribution in [0.1, 0.15) is 42.9 Å². The molecule has 1 aromatic carbocycles. The quantitative estimate of drug-likeness (QED) is 0.575. The number of hydrogen-bond acceptors (Lipinski definition) is 4. The first-order valence-corrected chi connectivity index (χ1v) is 9.18. The molecule has 1 fully saturated rings. The predicted octanol–water partition coefficient (Wildman–Crippen LogP) is 4.21. The zero-order valence-corrected chi connectivity index (χ0v) is 15.5. The molecular weight excluding hydrogens is 387 g/mol. The van der Waals surface area contributed by atoms with E-state index in [2.05, 4.69) is 10.4 Å². The number of rotatable bonds is 6. The van der Waals surface area contributed by atoms with Crippen molar-refractivity contribution in [3.63, 3.8) is 0 Å². The summed E-state index contributed by atoms with van der Waals surface area (Å²) in [4.78, 5) is 23.8. The Kier molecular flexibility index (Phi) is 6.36. The van der Waals surface area contributed by atoms with Gasteiger partial charge in [0.2, 0.25) is 0 Å². The van der Waals surface area contributed by atoms with Gasteiger partial charge in [-0.1, -0.05) is 25.0 Å². The van der Waals surface area contributed by atoms with Gasteiger partial charge in [-0.05, 0) is 36.6 Å². The second-order valence-corrected chi connectivity index (χ2v) is 6.71. The summed E-state index contributed by atoms with van der Waals surface area (Å²) in [5, 5.41) is 6.89. The fourth-order valence-corrected chi connectivity index (χ4v) is 3.20. The maximum atomic E-state index is 12.7. The molecule has 154 valence electrons. The smallest absolute Gasteiger partial charge is 0.416 e. The van der Waals surface area contributed by atoms with Crippen molar-refractivity contribution in [2.24, 2.45) is 0 Å². The predicted molar refractivity (Wildman–Crippen MR) is 99.8 cm³/mol. The lowest BCUT2D eigenvalue weighted by molar-refractivity contribution is -0.142. The third-order valence-electron chi connectivity index (χ3n) is 4.58. The van der Waals surface area contributed by atoms with Crippen molar-refractivity contribution in [3.8, 4) is 0 Å². The summed E-state index contributed by atoms with van der Waals surface area (Å²) in [7, 11) is 0. The Bertz CT molecular complexity index is 900. The molecule has 0 atom stereocenters. The van der Waals surface area contributed by atoms with Gasteiger partial charge in [0, 0.05) is 12.1 Å². The third kappa shape index (κ3) is 5.69. The van der Waals surface area contributed by atoms with Gasteiger partial charge in [0.1, 0.15) is 5.82 Å². The van der Waals surface area contributed by atoms with Crippen molar-refractivity contribution in [3.05, 3.63) is 53.7 Å². The van der Waals surface area contributed by atoms with E-state index in [4.69, 9.17) is 4.74 Å². The second kappa shape index (κ2) is 8.93. The molecule has 6 nitrogen and oxygen atoms in total. The van der Waals surface area contributed by atoms with E-state index in [0.717, 1.165) is 43.9 Å². The van der Waals surface area contributed by atoms with Crippen LogP contribution in [0.2, 0.25) is 0 Å². The summed E-state index contributed by atoms with van der Waals surface area (Å²) in [6.07, 6.45) is 3.54. The summed E-state index contributed by atoms with van der Waals surface area (Å²) in [5.74, 6) is -0.815. The average molecular weight is 407 g/mol. The van der Waals surface area contributed by atoms with Gasteiger partial charge in [-0.15, -0.1) is 0 Å². The first-order chi connectivity index (χ1) is 13.8. The van der Waals surface area contributed by atoms with Crippen LogP contribution in [0.25, 0.3) is 6.08 Å². The van der Waals surface area contributed by atoms with E-state index in [1.54, 1.807) is 16.9 Å². The zero-order chi connectivity index (χ0) is 20.9. The highest BCUT2D eigenvalue weighted by Gasteiger charge is 2.30. The molecule has 0 aliphatic heterocycles. The number of carbonyl (C=O) groups excluding carboxylic acids is 2. The highest BCUT2D eigenvalue weighted by Crippen LogP contribution is 2.31. The zero-order valence-electron chi connectivity index (χ0n) is 15.5. The number of benzene rings is 1. The number of nitrogens with zero attached hydrogens (tertiary/aromatic N) is 2. The lowest BCUT2D eigenvalue weighted by Gasteiger charge is -2.14. The van der Waals surface area contributed by atoms with Crippen LogP contribution < -0.4 is 5.32 Å². The molecule has 2 aromatic rings. The summed E-state index contributed by atoms with van der Waals surface area (Å²) in [5.41, 5.74) is -0.618. The largest absolute Gasteiger partial charge is 0.452 e. The minimum absolute atomic E-state index is 0.196. The van der Waals surface area contributed by atoms with Crippen LogP contribution in [0.15, 0.2) is 42.6 Å². The maximum absolute atomic E-state index is 12.7. The lowest BCUT2D eigenvalue weighted by Crippen LogP contribution is -2.22. The van der Waals surface area contributed by atoms with E-state index in [9.17, 15) is 22.8 Å². The van der Waals surface area contributed by atoms with Crippen LogP contribution in [0.5, 0.6) is 0 Å². The number of amides is 1. The van der Waals surface area contributed by atoms with Crippen LogP contribution in [0.4, 0.5) is 19.0 Å². The van der Waals surface area contributed by atoms with Crippen LogP contribution in [0, 0.1) is 0 Å². The van der Waals surface area contributed by atoms with Crippen molar-refractivity contribution in [1.82, 2.24) is 9.78 Å². The number of alkyl halides is 3. The fraction of sp³-hybridized carbons (Fsp3) is 0.350. The average Bonchev–Trinajstić information content (AvgIpc) is 3.36. The highest BCUT2D eigenvalue weighted by atomic mass is 19.4. The molecule has 1 saturated carbocycles. The Morgan fingerprint density at radius 3 is 2.72 bits per heavy atom. The molecule has 1 heterocycles. The monoisotopic (exact) mass is 407 g/mol. The molecule has 3 rings (SSSR count). The fourth-order valence-electron chi connectivity index (χ4n) is 3.20. The Hall–Kier alpha value is -3.10. The van der Waals surface area contributed by atoms with Crippen LogP contribution in [0.3, 0.4) is 0 Å². The Labute approximate surface area is 165 Å². The molecule has 0 saturated heterocycles.